The largest absolute Gasteiger partial charge is 0.514 e. The van der Waals surface area contributed by atoms with Crippen LogP contribution in [0.3, 0.4) is 0 Å². The Morgan fingerprint density at radius 1 is 1.20 bits per heavy atom. The van der Waals surface area contributed by atoms with Gasteiger partial charge in [-0.15, -0.1) is 0 Å². The summed E-state index contributed by atoms with van der Waals surface area (Å²) >= 11 is 0. The van der Waals surface area contributed by atoms with Crippen LogP contribution in [0.2, 0.25) is 0 Å². The number of hydrogen-bond donors (Lipinski definition) is 0. The Labute approximate surface area is 115 Å². The van der Waals surface area contributed by atoms with E-state index in [9.17, 15) is 18.0 Å². The van der Waals surface area contributed by atoms with Crippen molar-refractivity contribution in [3.05, 3.63) is 30.3 Å². The summed E-state index contributed by atoms with van der Waals surface area (Å²) in [5.41, 5.74) is 0. The highest BCUT2D eigenvalue weighted by atomic mass is 19.4. The Morgan fingerprint density at radius 2 is 1.85 bits per heavy atom. The highest BCUT2D eigenvalue weighted by Gasteiger charge is 2.42. The third-order valence-corrected chi connectivity index (χ3v) is 2.62. The first kappa shape index (κ1) is 16.3. The molecule has 0 spiro atoms. The van der Waals surface area contributed by atoms with E-state index in [1.54, 1.807) is 18.2 Å². The second-order valence-electron chi connectivity index (χ2n) is 4.31. The molecule has 3 nitrogen and oxygen atoms in total. The molecule has 0 saturated heterocycles. The lowest BCUT2D eigenvalue weighted by Crippen LogP contribution is -2.34. The molecule has 1 aromatic carbocycles. The molecule has 0 heterocycles. The Hall–Kier alpha value is -1.72. The molecule has 0 saturated carbocycles. The molecule has 1 unspecified atom stereocenters. The summed E-state index contributed by atoms with van der Waals surface area (Å²) in [6, 6.07) is 7.82. The molecule has 0 aromatic heterocycles. The zero-order chi connectivity index (χ0) is 15.0. The molecule has 0 radical (unpaired) electrons. The number of hydrogen-bond acceptors (Lipinski definition) is 3. The molecule has 0 bridgehead atoms. The SMILES string of the molecule is CCCCCC(OC(=O)Oc1ccccc1)C(F)(F)F. The molecule has 20 heavy (non-hydrogen) atoms. The van der Waals surface area contributed by atoms with Gasteiger partial charge in [0.2, 0.25) is 6.10 Å². The van der Waals surface area contributed by atoms with E-state index in [-0.39, 0.29) is 12.2 Å². The number of carbonyl (C=O) groups excluding carboxylic acids is 1. The molecule has 0 aliphatic carbocycles. The van der Waals surface area contributed by atoms with Crippen molar-refractivity contribution in [2.75, 3.05) is 0 Å². The van der Waals surface area contributed by atoms with Crippen LogP contribution >= 0.6 is 0 Å². The van der Waals surface area contributed by atoms with Gasteiger partial charge < -0.3 is 9.47 Å². The standard InChI is InChI=1S/C14H17F3O3/c1-2-3-5-10-12(14(15,16)17)20-13(18)19-11-8-6-4-7-9-11/h4,6-9,12H,2-3,5,10H2,1H3. The molecule has 1 aromatic rings. The monoisotopic (exact) mass is 290 g/mol. The maximum atomic E-state index is 12.7. The van der Waals surface area contributed by atoms with Crippen LogP contribution in [-0.2, 0) is 4.74 Å². The van der Waals surface area contributed by atoms with Gasteiger partial charge in [0, 0.05) is 0 Å². The third kappa shape index (κ3) is 5.95. The normalized spacial score (nSPS) is 12.8. The van der Waals surface area contributed by atoms with Gasteiger partial charge in [-0.2, -0.15) is 13.2 Å². The van der Waals surface area contributed by atoms with E-state index in [1.807, 2.05) is 6.92 Å². The number of rotatable bonds is 6. The third-order valence-electron chi connectivity index (χ3n) is 2.62. The predicted octanol–water partition coefficient (Wildman–Crippen LogP) is 4.71. The molecule has 0 aliphatic heterocycles. The number of carbonyl (C=O) groups is 1. The summed E-state index contributed by atoms with van der Waals surface area (Å²) in [5.74, 6) is 0.145. The fourth-order valence-corrected chi connectivity index (χ4v) is 1.59. The Morgan fingerprint density at radius 3 is 2.40 bits per heavy atom. The first-order valence-electron chi connectivity index (χ1n) is 6.43. The van der Waals surface area contributed by atoms with Crippen molar-refractivity contribution >= 4 is 6.16 Å². The number of ether oxygens (including phenoxy) is 2. The van der Waals surface area contributed by atoms with E-state index in [1.165, 1.54) is 12.1 Å². The summed E-state index contributed by atoms with van der Waals surface area (Å²) in [7, 11) is 0. The smallest absolute Gasteiger partial charge is 0.421 e. The van der Waals surface area contributed by atoms with Gasteiger partial charge in [-0.05, 0) is 25.0 Å². The second kappa shape index (κ2) is 7.77. The summed E-state index contributed by atoms with van der Waals surface area (Å²) in [6.45, 7) is 1.88. The van der Waals surface area contributed by atoms with Gasteiger partial charge in [0.15, 0.2) is 0 Å². The van der Waals surface area contributed by atoms with Gasteiger partial charge in [-0.25, -0.2) is 4.79 Å². The molecular weight excluding hydrogens is 273 g/mol. The average Bonchev–Trinajstić information content (AvgIpc) is 2.38. The van der Waals surface area contributed by atoms with Crippen LogP contribution in [0.15, 0.2) is 30.3 Å². The fraction of sp³-hybridized carbons (Fsp3) is 0.500. The van der Waals surface area contributed by atoms with Gasteiger partial charge in [-0.3, -0.25) is 0 Å². The van der Waals surface area contributed by atoms with E-state index in [0.717, 1.165) is 6.42 Å². The predicted molar refractivity (Wildman–Crippen MR) is 67.5 cm³/mol. The molecule has 0 amide bonds. The van der Waals surface area contributed by atoms with Gasteiger partial charge in [0.1, 0.15) is 5.75 Å². The van der Waals surface area contributed by atoms with Gasteiger partial charge in [0.05, 0.1) is 0 Å². The van der Waals surface area contributed by atoms with E-state index >= 15 is 0 Å². The van der Waals surface area contributed by atoms with Crippen LogP contribution in [0.1, 0.15) is 32.6 Å². The topological polar surface area (TPSA) is 35.5 Å². The van der Waals surface area contributed by atoms with Crippen molar-refractivity contribution < 1.29 is 27.4 Å². The molecule has 112 valence electrons. The van der Waals surface area contributed by atoms with Crippen molar-refractivity contribution in [3.8, 4) is 5.75 Å². The van der Waals surface area contributed by atoms with Crippen LogP contribution in [0, 0.1) is 0 Å². The molecule has 6 heteroatoms. The van der Waals surface area contributed by atoms with E-state index < -0.39 is 18.4 Å². The summed E-state index contributed by atoms with van der Waals surface area (Å²) < 4.78 is 47.2. The van der Waals surface area contributed by atoms with E-state index in [4.69, 9.17) is 0 Å². The number of para-hydroxylation sites is 1. The lowest BCUT2D eigenvalue weighted by atomic mass is 10.1. The van der Waals surface area contributed by atoms with E-state index in [0.29, 0.717) is 12.8 Å². The van der Waals surface area contributed by atoms with Crippen molar-refractivity contribution in [2.24, 2.45) is 0 Å². The number of unbranched alkanes of at least 4 members (excludes halogenated alkanes) is 2. The van der Waals surface area contributed by atoms with Crippen molar-refractivity contribution in [1.29, 1.82) is 0 Å². The molecule has 0 aliphatic rings. The average molecular weight is 290 g/mol. The fourth-order valence-electron chi connectivity index (χ4n) is 1.59. The van der Waals surface area contributed by atoms with Gasteiger partial charge >= 0.3 is 12.3 Å². The molecule has 1 atom stereocenters. The minimum absolute atomic E-state index is 0.145. The molecular formula is C14H17F3O3. The summed E-state index contributed by atoms with van der Waals surface area (Å²) in [5, 5.41) is 0. The minimum Gasteiger partial charge on any atom is -0.421 e. The number of alkyl halides is 3. The molecule has 1 rings (SSSR count). The first-order valence-corrected chi connectivity index (χ1v) is 6.43. The second-order valence-corrected chi connectivity index (χ2v) is 4.31. The molecule has 0 N–H and O–H groups in total. The van der Waals surface area contributed by atoms with Crippen LogP contribution in [-0.4, -0.2) is 18.4 Å². The van der Waals surface area contributed by atoms with Gasteiger partial charge in [-0.1, -0.05) is 38.0 Å². The van der Waals surface area contributed by atoms with Crippen LogP contribution < -0.4 is 4.74 Å². The van der Waals surface area contributed by atoms with E-state index in [2.05, 4.69) is 9.47 Å². The Balaban J connectivity index is 2.53. The first-order chi connectivity index (χ1) is 9.43. The number of benzene rings is 1. The Bertz CT molecular complexity index is 404. The molecule has 0 fully saturated rings. The van der Waals surface area contributed by atoms with Crippen molar-refractivity contribution in [3.63, 3.8) is 0 Å². The van der Waals surface area contributed by atoms with Crippen LogP contribution in [0.25, 0.3) is 0 Å². The summed E-state index contributed by atoms with van der Waals surface area (Å²) in [4.78, 5) is 11.4. The van der Waals surface area contributed by atoms with Crippen molar-refractivity contribution in [2.45, 2.75) is 44.9 Å². The maximum absolute atomic E-state index is 12.7. The minimum atomic E-state index is -4.58. The zero-order valence-corrected chi connectivity index (χ0v) is 11.2. The summed E-state index contributed by atoms with van der Waals surface area (Å²) in [6.07, 6.45) is -6.49. The van der Waals surface area contributed by atoms with Gasteiger partial charge in [0.25, 0.3) is 0 Å². The highest BCUT2D eigenvalue weighted by molar-refractivity contribution is 5.64. The lowest BCUT2D eigenvalue weighted by molar-refractivity contribution is -0.208. The zero-order valence-electron chi connectivity index (χ0n) is 11.2. The lowest BCUT2D eigenvalue weighted by Gasteiger charge is -2.20. The highest BCUT2D eigenvalue weighted by Crippen LogP contribution is 2.27. The van der Waals surface area contributed by atoms with Crippen LogP contribution in [0.4, 0.5) is 18.0 Å². The van der Waals surface area contributed by atoms with Crippen molar-refractivity contribution in [1.82, 2.24) is 0 Å². The maximum Gasteiger partial charge on any atom is 0.514 e. The van der Waals surface area contributed by atoms with Crippen LogP contribution in [0.5, 0.6) is 5.75 Å². The number of halogens is 3. The Kier molecular flexibility index (Phi) is 6.35. The quantitative estimate of drug-likeness (QED) is 0.432.